The third kappa shape index (κ3) is 2.98. The lowest BCUT2D eigenvalue weighted by molar-refractivity contribution is -0.146. The normalized spacial score (nSPS) is 23.3. The predicted octanol–water partition coefficient (Wildman–Crippen LogP) is 1.92. The Balaban J connectivity index is 2.16. The molecule has 19 heavy (non-hydrogen) atoms. The topological polar surface area (TPSA) is 92.2 Å². The van der Waals surface area contributed by atoms with E-state index >= 15 is 0 Å². The van der Waals surface area contributed by atoms with Crippen molar-refractivity contribution in [2.45, 2.75) is 26.7 Å². The fraction of sp³-hybridized carbons (Fsp3) is 0.500. The lowest BCUT2D eigenvalue weighted by Crippen LogP contribution is -2.36. The number of anilines is 1. The number of carboxylic acid groups (broad SMARTS) is 1. The molecule has 0 unspecified atom stereocenters. The van der Waals surface area contributed by atoms with E-state index in [9.17, 15) is 14.7 Å². The summed E-state index contributed by atoms with van der Waals surface area (Å²) in [7, 11) is 0. The van der Waals surface area contributed by atoms with E-state index in [1.807, 2.05) is 13.8 Å². The van der Waals surface area contributed by atoms with Gasteiger partial charge in [0.2, 0.25) is 11.0 Å². The van der Waals surface area contributed by atoms with E-state index in [1.54, 1.807) is 0 Å². The summed E-state index contributed by atoms with van der Waals surface area (Å²) >= 11 is 1.21. The van der Waals surface area contributed by atoms with Crippen molar-refractivity contribution < 1.29 is 14.7 Å². The summed E-state index contributed by atoms with van der Waals surface area (Å²) in [6, 6.07) is 0. The van der Waals surface area contributed by atoms with Gasteiger partial charge >= 0.3 is 5.97 Å². The molecule has 2 rings (SSSR count). The van der Waals surface area contributed by atoms with Crippen molar-refractivity contribution in [3.05, 3.63) is 16.7 Å². The summed E-state index contributed by atoms with van der Waals surface area (Å²) in [6.45, 7) is 3.86. The van der Waals surface area contributed by atoms with E-state index in [2.05, 4.69) is 15.5 Å². The van der Waals surface area contributed by atoms with Crippen LogP contribution in [0.3, 0.4) is 0 Å². The molecule has 2 N–H and O–H groups in total. The van der Waals surface area contributed by atoms with Crippen LogP contribution < -0.4 is 5.32 Å². The Morgan fingerprint density at radius 1 is 1.32 bits per heavy atom. The molecule has 1 aliphatic rings. The number of rotatable bonds is 3. The lowest BCUT2D eigenvalue weighted by atomic mass is 9.76. The first kappa shape index (κ1) is 13.7. The average molecular weight is 281 g/mol. The van der Waals surface area contributed by atoms with Crippen LogP contribution in [-0.4, -0.2) is 27.2 Å². The first-order valence-corrected chi connectivity index (χ1v) is 6.82. The molecule has 6 nitrogen and oxygen atoms in total. The van der Waals surface area contributed by atoms with Crippen LogP contribution in [0, 0.1) is 11.8 Å². The van der Waals surface area contributed by atoms with Crippen molar-refractivity contribution in [1.29, 1.82) is 0 Å². The van der Waals surface area contributed by atoms with E-state index < -0.39 is 17.8 Å². The van der Waals surface area contributed by atoms with E-state index in [4.69, 9.17) is 0 Å². The molecule has 102 valence electrons. The van der Waals surface area contributed by atoms with Crippen molar-refractivity contribution in [2.75, 3.05) is 5.32 Å². The highest BCUT2D eigenvalue weighted by Gasteiger charge is 2.37. The molecule has 1 amide bonds. The molecule has 0 fully saturated rings. The number of aromatic nitrogens is 2. The number of nitrogens with zero attached hydrogens (tertiary/aromatic N) is 2. The summed E-state index contributed by atoms with van der Waals surface area (Å²) in [6.07, 6.45) is 0.906. The smallest absolute Gasteiger partial charge is 0.307 e. The number of hydrogen-bond acceptors (Lipinski definition) is 5. The Morgan fingerprint density at radius 3 is 2.47 bits per heavy atom. The molecular formula is C12H15N3O3S. The Hall–Kier alpha value is -1.76. The summed E-state index contributed by atoms with van der Waals surface area (Å²) in [4.78, 5) is 23.5. The van der Waals surface area contributed by atoms with Gasteiger partial charge < -0.3 is 10.4 Å². The van der Waals surface area contributed by atoms with Crippen molar-refractivity contribution in [1.82, 2.24) is 10.2 Å². The lowest BCUT2D eigenvalue weighted by Gasteiger charge is -2.29. The molecule has 0 aromatic carbocycles. The van der Waals surface area contributed by atoms with E-state index in [1.165, 1.54) is 16.8 Å². The van der Waals surface area contributed by atoms with Gasteiger partial charge in [0.15, 0.2) is 0 Å². The number of nitrogens with one attached hydrogen (secondary N) is 1. The van der Waals surface area contributed by atoms with Crippen molar-refractivity contribution in [2.24, 2.45) is 11.8 Å². The minimum atomic E-state index is -0.927. The summed E-state index contributed by atoms with van der Waals surface area (Å²) in [5.74, 6) is -2.44. The average Bonchev–Trinajstić information content (AvgIpc) is 2.84. The molecule has 0 radical (unpaired) electrons. The quantitative estimate of drug-likeness (QED) is 0.826. The Morgan fingerprint density at radius 2 is 1.95 bits per heavy atom. The van der Waals surface area contributed by atoms with Gasteiger partial charge in [-0.1, -0.05) is 22.5 Å². The highest BCUT2D eigenvalue weighted by atomic mass is 32.1. The van der Waals surface area contributed by atoms with Gasteiger partial charge in [-0.05, 0) is 26.7 Å². The first-order chi connectivity index (χ1) is 8.99. The van der Waals surface area contributed by atoms with Crippen LogP contribution in [0.25, 0.3) is 0 Å². The molecule has 0 saturated carbocycles. The SMILES string of the molecule is CC1=C(C)C[C@@H](C(=O)O)[C@@H](C(=O)Nc2nncs2)C1. The van der Waals surface area contributed by atoms with Gasteiger partial charge in [0.1, 0.15) is 5.51 Å². The van der Waals surface area contributed by atoms with E-state index in [-0.39, 0.29) is 5.91 Å². The van der Waals surface area contributed by atoms with Crippen LogP contribution in [-0.2, 0) is 9.59 Å². The fourth-order valence-corrected chi connectivity index (χ4v) is 2.70. The van der Waals surface area contributed by atoms with Gasteiger partial charge in [0.25, 0.3) is 0 Å². The van der Waals surface area contributed by atoms with Gasteiger partial charge in [0.05, 0.1) is 11.8 Å². The third-order valence-electron chi connectivity index (χ3n) is 3.51. The standard InChI is InChI=1S/C12H15N3O3S/c1-6-3-8(9(11(17)18)4-7(6)2)10(16)14-12-15-13-5-19-12/h5,8-9H,3-4H2,1-2H3,(H,17,18)(H,14,15,16)/t8-,9+/m0/s1. The number of allylic oxidation sites excluding steroid dienone is 2. The van der Waals surface area contributed by atoms with Crippen molar-refractivity contribution in [3.8, 4) is 0 Å². The van der Waals surface area contributed by atoms with Crippen molar-refractivity contribution in [3.63, 3.8) is 0 Å². The van der Waals surface area contributed by atoms with Crippen LogP contribution >= 0.6 is 11.3 Å². The second-order valence-corrected chi connectivity index (χ2v) is 5.59. The molecule has 7 heteroatoms. The van der Waals surface area contributed by atoms with Gasteiger partial charge in [0, 0.05) is 0 Å². The monoisotopic (exact) mass is 281 g/mol. The zero-order chi connectivity index (χ0) is 14.0. The van der Waals surface area contributed by atoms with Crippen LogP contribution in [0.2, 0.25) is 0 Å². The number of amides is 1. The predicted molar refractivity (Wildman–Crippen MR) is 70.8 cm³/mol. The molecule has 0 saturated heterocycles. The highest BCUT2D eigenvalue weighted by Crippen LogP contribution is 2.35. The number of carbonyl (C=O) groups excluding carboxylic acids is 1. The first-order valence-electron chi connectivity index (χ1n) is 5.94. The summed E-state index contributed by atoms with van der Waals surface area (Å²) in [5.41, 5.74) is 3.67. The van der Waals surface area contributed by atoms with Gasteiger partial charge in [-0.15, -0.1) is 10.2 Å². The minimum absolute atomic E-state index is 0.295. The van der Waals surface area contributed by atoms with Crippen LogP contribution in [0.5, 0.6) is 0 Å². The molecule has 1 heterocycles. The van der Waals surface area contributed by atoms with Crippen LogP contribution in [0.15, 0.2) is 16.7 Å². The molecular weight excluding hydrogens is 266 g/mol. The Kier molecular flexibility index (Phi) is 3.94. The Bertz CT molecular complexity index is 524. The van der Waals surface area contributed by atoms with Crippen molar-refractivity contribution >= 4 is 28.3 Å². The van der Waals surface area contributed by atoms with Gasteiger partial charge in [-0.25, -0.2) is 0 Å². The van der Waals surface area contributed by atoms with Gasteiger partial charge in [-0.2, -0.15) is 0 Å². The molecule has 1 aromatic rings. The number of carbonyl (C=O) groups is 2. The minimum Gasteiger partial charge on any atom is -0.481 e. The van der Waals surface area contributed by atoms with E-state index in [0.717, 1.165) is 11.1 Å². The van der Waals surface area contributed by atoms with Gasteiger partial charge in [-0.3, -0.25) is 9.59 Å². The van der Waals surface area contributed by atoms with Crippen LogP contribution in [0.1, 0.15) is 26.7 Å². The summed E-state index contributed by atoms with van der Waals surface area (Å²) < 4.78 is 0. The zero-order valence-corrected chi connectivity index (χ0v) is 11.5. The molecule has 1 aliphatic carbocycles. The molecule has 0 aliphatic heterocycles. The third-order valence-corrected chi connectivity index (χ3v) is 4.12. The number of aliphatic carboxylic acids is 1. The zero-order valence-electron chi connectivity index (χ0n) is 10.7. The molecule has 1 aromatic heterocycles. The highest BCUT2D eigenvalue weighted by molar-refractivity contribution is 7.13. The second-order valence-electron chi connectivity index (χ2n) is 4.75. The maximum atomic E-state index is 12.2. The van der Waals surface area contributed by atoms with E-state index in [0.29, 0.717) is 18.0 Å². The van der Waals surface area contributed by atoms with Crippen LogP contribution in [0.4, 0.5) is 5.13 Å². The fourth-order valence-electron chi connectivity index (χ4n) is 2.25. The maximum absolute atomic E-state index is 12.2. The second kappa shape index (κ2) is 5.48. The Labute approximate surface area is 114 Å². The molecule has 2 atom stereocenters. The maximum Gasteiger partial charge on any atom is 0.307 e. The molecule has 0 bridgehead atoms. The molecule has 0 spiro atoms. The number of carboxylic acids is 1. The largest absolute Gasteiger partial charge is 0.481 e. The summed E-state index contributed by atoms with van der Waals surface area (Å²) in [5, 5.41) is 19.7. The number of hydrogen-bond donors (Lipinski definition) is 2.